The van der Waals surface area contributed by atoms with Gasteiger partial charge in [-0.2, -0.15) is 4.39 Å². The first-order valence-corrected chi connectivity index (χ1v) is 3.10. The van der Waals surface area contributed by atoms with Gasteiger partial charge in [-0.3, -0.25) is 0 Å². The second-order valence-corrected chi connectivity index (χ2v) is 2.36. The van der Waals surface area contributed by atoms with E-state index in [1.807, 2.05) is 0 Å². The summed E-state index contributed by atoms with van der Waals surface area (Å²) in [6.45, 7) is 0. The van der Waals surface area contributed by atoms with Gasteiger partial charge in [0.1, 0.15) is 11.6 Å². The SMILES string of the molecule is CN(C)c1cc(F)cc(F)n1. The molecule has 0 fully saturated rings. The fourth-order valence-corrected chi connectivity index (χ4v) is 0.682. The van der Waals surface area contributed by atoms with E-state index in [9.17, 15) is 8.78 Å². The van der Waals surface area contributed by atoms with E-state index in [1.54, 1.807) is 14.1 Å². The van der Waals surface area contributed by atoms with Crippen LogP contribution in [0.3, 0.4) is 0 Å². The zero-order chi connectivity index (χ0) is 8.43. The van der Waals surface area contributed by atoms with Gasteiger partial charge < -0.3 is 4.90 Å². The molecule has 0 aliphatic rings. The van der Waals surface area contributed by atoms with Gasteiger partial charge in [-0.25, -0.2) is 9.37 Å². The summed E-state index contributed by atoms with van der Waals surface area (Å²) in [6.07, 6.45) is 0. The third kappa shape index (κ3) is 1.86. The second kappa shape index (κ2) is 2.82. The molecule has 0 aliphatic carbocycles. The van der Waals surface area contributed by atoms with Crippen LogP contribution in [0.15, 0.2) is 12.1 Å². The molecule has 0 saturated carbocycles. The molecule has 0 radical (unpaired) electrons. The van der Waals surface area contributed by atoms with E-state index in [4.69, 9.17) is 0 Å². The maximum Gasteiger partial charge on any atom is 0.217 e. The Morgan fingerprint density at radius 2 is 1.91 bits per heavy atom. The molecule has 0 aromatic carbocycles. The second-order valence-electron chi connectivity index (χ2n) is 2.36. The third-order valence-corrected chi connectivity index (χ3v) is 1.20. The molecule has 0 spiro atoms. The van der Waals surface area contributed by atoms with Crippen LogP contribution in [0, 0.1) is 11.8 Å². The molecular weight excluding hydrogens is 150 g/mol. The Bertz CT molecular complexity index is 240. The van der Waals surface area contributed by atoms with Crippen molar-refractivity contribution in [3.05, 3.63) is 23.9 Å². The van der Waals surface area contributed by atoms with E-state index in [0.717, 1.165) is 6.07 Å². The molecule has 1 aromatic rings. The van der Waals surface area contributed by atoms with Crippen LogP contribution in [0.25, 0.3) is 0 Å². The van der Waals surface area contributed by atoms with Crippen molar-refractivity contribution in [2.45, 2.75) is 0 Å². The highest BCUT2D eigenvalue weighted by Gasteiger charge is 2.02. The Morgan fingerprint density at radius 3 is 2.36 bits per heavy atom. The van der Waals surface area contributed by atoms with E-state index in [0.29, 0.717) is 0 Å². The van der Waals surface area contributed by atoms with Crippen molar-refractivity contribution in [1.29, 1.82) is 0 Å². The fraction of sp³-hybridized carbons (Fsp3) is 0.286. The molecule has 0 unspecified atom stereocenters. The monoisotopic (exact) mass is 158 g/mol. The molecule has 4 heteroatoms. The predicted molar refractivity (Wildman–Crippen MR) is 38.5 cm³/mol. The largest absolute Gasteiger partial charge is 0.363 e. The maximum atomic E-state index is 12.5. The van der Waals surface area contributed by atoms with Crippen molar-refractivity contribution in [2.24, 2.45) is 0 Å². The van der Waals surface area contributed by atoms with E-state index in [1.165, 1.54) is 11.0 Å². The number of halogens is 2. The number of aromatic nitrogens is 1. The summed E-state index contributed by atoms with van der Waals surface area (Å²) >= 11 is 0. The highest BCUT2D eigenvalue weighted by Crippen LogP contribution is 2.09. The minimum Gasteiger partial charge on any atom is -0.363 e. The Kier molecular flexibility index (Phi) is 2.03. The molecule has 0 atom stereocenters. The summed E-state index contributed by atoms with van der Waals surface area (Å²) in [7, 11) is 3.34. The molecule has 1 aromatic heterocycles. The Labute approximate surface area is 63.5 Å². The Balaban J connectivity index is 3.08. The third-order valence-electron chi connectivity index (χ3n) is 1.20. The summed E-state index contributed by atoms with van der Waals surface area (Å²) in [4.78, 5) is 4.99. The number of hydrogen-bond acceptors (Lipinski definition) is 2. The van der Waals surface area contributed by atoms with Crippen LogP contribution in [-0.2, 0) is 0 Å². The van der Waals surface area contributed by atoms with Crippen LogP contribution < -0.4 is 4.90 Å². The molecule has 0 bridgehead atoms. The van der Waals surface area contributed by atoms with E-state index in [-0.39, 0.29) is 5.82 Å². The number of pyridine rings is 1. The molecule has 11 heavy (non-hydrogen) atoms. The van der Waals surface area contributed by atoms with Crippen LogP contribution in [0.5, 0.6) is 0 Å². The molecule has 60 valence electrons. The highest BCUT2D eigenvalue weighted by atomic mass is 19.1. The van der Waals surface area contributed by atoms with Gasteiger partial charge in [-0.15, -0.1) is 0 Å². The van der Waals surface area contributed by atoms with Gasteiger partial charge in [0.25, 0.3) is 0 Å². The highest BCUT2D eigenvalue weighted by molar-refractivity contribution is 5.35. The first kappa shape index (κ1) is 7.91. The zero-order valence-corrected chi connectivity index (χ0v) is 6.31. The molecule has 0 aliphatic heterocycles. The van der Waals surface area contributed by atoms with E-state index in [2.05, 4.69) is 4.98 Å². The summed E-state index contributed by atoms with van der Waals surface area (Å²) in [5.74, 6) is -1.13. The standard InChI is InChI=1S/C7H8F2N2/c1-11(2)7-4-5(8)3-6(9)10-7/h3-4H,1-2H3. The molecule has 2 nitrogen and oxygen atoms in total. The van der Waals surface area contributed by atoms with E-state index < -0.39 is 11.8 Å². The fourth-order valence-electron chi connectivity index (χ4n) is 0.682. The maximum absolute atomic E-state index is 12.5. The summed E-state index contributed by atoms with van der Waals surface area (Å²) < 4.78 is 24.9. The minimum absolute atomic E-state index is 0.280. The Hall–Kier alpha value is -1.19. The number of hydrogen-bond donors (Lipinski definition) is 0. The van der Waals surface area contributed by atoms with Crippen molar-refractivity contribution in [3.8, 4) is 0 Å². The minimum atomic E-state index is -0.798. The van der Waals surface area contributed by atoms with Gasteiger partial charge in [0.2, 0.25) is 5.95 Å². The molecule has 0 saturated heterocycles. The normalized spacial score (nSPS) is 9.82. The van der Waals surface area contributed by atoms with Gasteiger partial charge in [-0.05, 0) is 0 Å². The van der Waals surface area contributed by atoms with Crippen LogP contribution in [0.4, 0.5) is 14.6 Å². The predicted octanol–water partition coefficient (Wildman–Crippen LogP) is 1.43. The van der Waals surface area contributed by atoms with Gasteiger partial charge in [0.05, 0.1) is 0 Å². The average molecular weight is 158 g/mol. The van der Waals surface area contributed by atoms with Crippen LogP contribution in [0.2, 0.25) is 0 Å². The number of anilines is 1. The molecule has 0 amide bonds. The first-order chi connectivity index (χ1) is 5.09. The van der Waals surface area contributed by atoms with Crippen molar-refractivity contribution in [2.75, 3.05) is 19.0 Å². The first-order valence-electron chi connectivity index (χ1n) is 3.10. The van der Waals surface area contributed by atoms with Crippen LogP contribution >= 0.6 is 0 Å². The topological polar surface area (TPSA) is 16.1 Å². The lowest BCUT2D eigenvalue weighted by Crippen LogP contribution is -2.11. The number of rotatable bonds is 1. The molecule has 0 N–H and O–H groups in total. The summed E-state index contributed by atoms with van der Waals surface area (Å²) in [5, 5.41) is 0. The van der Waals surface area contributed by atoms with Crippen molar-refractivity contribution in [3.63, 3.8) is 0 Å². The Morgan fingerprint density at radius 1 is 1.27 bits per heavy atom. The lowest BCUT2D eigenvalue weighted by atomic mass is 10.4. The van der Waals surface area contributed by atoms with Gasteiger partial charge >= 0.3 is 0 Å². The lowest BCUT2D eigenvalue weighted by Gasteiger charge is -2.09. The molecular formula is C7H8F2N2. The molecule has 1 heterocycles. The van der Waals surface area contributed by atoms with E-state index >= 15 is 0 Å². The smallest absolute Gasteiger partial charge is 0.217 e. The van der Waals surface area contributed by atoms with Gasteiger partial charge in [0, 0.05) is 26.2 Å². The van der Waals surface area contributed by atoms with Gasteiger partial charge in [0.15, 0.2) is 0 Å². The van der Waals surface area contributed by atoms with Crippen molar-refractivity contribution >= 4 is 5.82 Å². The van der Waals surface area contributed by atoms with Crippen LogP contribution in [0.1, 0.15) is 0 Å². The molecule has 1 rings (SSSR count). The van der Waals surface area contributed by atoms with Crippen molar-refractivity contribution in [1.82, 2.24) is 4.98 Å². The summed E-state index contributed by atoms with van der Waals surface area (Å²) in [5.41, 5.74) is 0. The zero-order valence-electron chi connectivity index (χ0n) is 6.31. The van der Waals surface area contributed by atoms with Crippen molar-refractivity contribution < 1.29 is 8.78 Å². The van der Waals surface area contributed by atoms with Gasteiger partial charge in [-0.1, -0.05) is 0 Å². The average Bonchev–Trinajstić information content (AvgIpc) is 1.85. The quantitative estimate of drug-likeness (QED) is 0.575. The summed E-state index contributed by atoms with van der Waals surface area (Å²) in [6, 6.07) is 1.91. The number of nitrogens with zero attached hydrogens (tertiary/aromatic N) is 2. The van der Waals surface area contributed by atoms with Crippen LogP contribution in [-0.4, -0.2) is 19.1 Å². The lowest BCUT2D eigenvalue weighted by molar-refractivity contribution is 0.552.